The van der Waals surface area contributed by atoms with Crippen LogP contribution >= 0.6 is 11.6 Å². The van der Waals surface area contributed by atoms with E-state index in [0.29, 0.717) is 16.4 Å². The molecular weight excluding hydrogens is 254 g/mol. The van der Waals surface area contributed by atoms with Crippen molar-refractivity contribution in [3.63, 3.8) is 0 Å². The standard InChI is InChI=1S/C12H14ClN3O2/c1-12(2,3)11-15-14-9-6-7(10(17)18-4)5-8(13)16(9)11/h5-6H,1-4H3. The molecule has 2 rings (SSSR count). The van der Waals surface area contributed by atoms with Gasteiger partial charge in [0.1, 0.15) is 11.0 Å². The van der Waals surface area contributed by atoms with Crippen molar-refractivity contribution >= 4 is 23.2 Å². The van der Waals surface area contributed by atoms with Gasteiger partial charge in [-0.15, -0.1) is 10.2 Å². The van der Waals surface area contributed by atoms with E-state index >= 15 is 0 Å². The number of nitrogens with zero attached hydrogens (tertiary/aromatic N) is 3. The first-order valence-corrected chi connectivity index (χ1v) is 5.86. The molecule has 6 heteroatoms. The Labute approximate surface area is 110 Å². The minimum absolute atomic E-state index is 0.185. The van der Waals surface area contributed by atoms with Gasteiger partial charge < -0.3 is 4.74 Å². The van der Waals surface area contributed by atoms with Gasteiger partial charge in [0.05, 0.1) is 12.7 Å². The first-order valence-electron chi connectivity index (χ1n) is 5.48. The molecule has 0 unspecified atom stereocenters. The quantitative estimate of drug-likeness (QED) is 0.588. The van der Waals surface area contributed by atoms with E-state index in [1.165, 1.54) is 7.11 Å². The molecular formula is C12H14ClN3O2. The van der Waals surface area contributed by atoms with E-state index < -0.39 is 5.97 Å². The van der Waals surface area contributed by atoms with Crippen LogP contribution in [0.1, 0.15) is 37.0 Å². The third kappa shape index (κ3) is 2.06. The summed E-state index contributed by atoms with van der Waals surface area (Å²) >= 11 is 6.19. The van der Waals surface area contributed by atoms with Crippen molar-refractivity contribution in [2.24, 2.45) is 0 Å². The van der Waals surface area contributed by atoms with Crippen molar-refractivity contribution in [2.75, 3.05) is 7.11 Å². The summed E-state index contributed by atoms with van der Waals surface area (Å²) < 4.78 is 6.39. The monoisotopic (exact) mass is 267 g/mol. The number of hydrogen-bond donors (Lipinski definition) is 0. The molecule has 0 aliphatic carbocycles. The highest BCUT2D eigenvalue weighted by atomic mass is 35.5. The number of hydrogen-bond acceptors (Lipinski definition) is 4. The second-order valence-electron chi connectivity index (χ2n) is 5.03. The van der Waals surface area contributed by atoms with Crippen LogP contribution in [-0.4, -0.2) is 27.7 Å². The Kier molecular flexibility index (Phi) is 3.02. The van der Waals surface area contributed by atoms with Crippen molar-refractivity contribution in [2.45, 2.75) is 26.2 Å². The fourth-order valence-corrected chi connectivity index (χ4v) is 1.98. The van der Waals surface area contributed by atoms with E-state index in [9.17, 15) is 4.79 Å². The second-order valence-corrected chi connectivity index (χ2v) is 5.41. The summed E-state index contributed by atoms with van der Waals surface area (Å²) in [6.07, 6.45) is 0. The molecule has 0 amide bonds. The molecule has 0 atom stereocenters. The van der Waals surface area contributed by atoms with Gasteiger partial charge in [0.2, 0.25) is 0 Å². The van der Waals surface area contributed by atoms with E-state index in [2.05, 4.69) is 14.9 Å². The zero-order valence-electron chi connectivity index (χ0n) is 10.7. The van der Waals surface area contributed by atoms with Crippen LogP contribution in [0.4, 0.5) is 0 Å². The topological polar surface area (TPSA) is 56.5 Å². The Balaban J connectivity index is 2.68. The number of pyridine rings is 1. The van der Waals surface area contributed by atoms with Crippen LogP contribution in [0.25, 0.3) is 5.65 Å². The summed E-state index contributed by atoms with van der Waals surface area (Å²) in [5.74, 6) is 0.304. The maximum Gasteiger partial charge on any atom is 0.338 e. The molecule has 0 aromatic carbocycles. The summed E-state index contributed by atoms with van der Waals surface area (Å²) in [7, 11) is 1.32. The summed E-state index contributed by atoms with van der Waals surface area (Å²) in [4.78, 5) is 11.5. The Morgan fingerprint density at radius 1 is 1.33 bits per heavy atom. The molecule has 0 spiro atoms. The molecule has 0 aliphatic heterocycles. The molecule has 0 aliphatic rings. The third-order valence-electron chi connectivity index (χ3n) is 2.55. The fourth-order valence-electron chi connectivity index (χ4n) is 1.70. The van der Waals surface area contributed by atoms with Gasteiger partial charge in [0, 0.05) is 5.41 Å². The van der Waals surface area contributed by atoms with Crippen molar-refractivity contribution < 1.29 is 9.53 Å². The summed E-state index contributed by atoms with van der Waals surface area (Å²) in [5.41, 5.74) is 0.714. The Bertz CT molecular complexity index is 614. The molecule has 96 valence electrons. The van der Waals surface area contributed by atoms with Crippen LogP contribution < -0.4 is 0 Å². The van der Waals surface area contributed by atoms with Crippen molar-refractivity contribution in [1.82, 2.24) is 14.6 Å². The van der Waals surface area contributed by atoms with Gasteiger partial charge in [0.25, 0.3) is 0 Å². The number of halogens is 1. The normalized spacial score (nSPS) is 11.8. The van der Waals surface area contributed by atoms with E-state index in [1.54, 1.807) is 16.5 Å². The smallest absolute Gasteiger partial charge is 0.338 e. The van der Waals surface area contributed by atoms with Gasteiger partial charge in [0.15, 0.2) is 5.65 Å². The van der Waals surface area contributed by atoms with Crippen LogP contribution in [0.15, 0.2) is 12.1 Å². The molecule has 2 aromatic rings. The van der Waals surface area contributed by atoms with E-state index in [0.717, 1.165) is 5.82 Å². The summed E-state index contributed by atoms with van der Waals surface area (Å²) in [6, 6.07) is 3.17. The average Bonchev–Trinajstić information content (AvgIpc) is 2.71. The molecule has 18 heavy (non-hydrogen) atoms. The summed E-state index contributed by atoms with van der Waals surface area (Å²) in [5, 5.41) is 8.57. The molecule has 2 aromatic heterocycles. The molecule has 0 N–H and O–H groups in total. The molecule has 0 saturated carbocycles. The summed E-state index contributed by atoms with van der Waals surface area (Å²) in [6.45, 7) is 6.07. The predicted molar refractivity (Wildman–Crippen MR) is 68.0 cm³/mol. The highest BCUT2D eigenvalue weighted by Gasteiger charge is 2.23. The maximum atomic E-state index is 11.5. The molecule has 0 radical (unpaired) electrons. The highest BCUT2D eigenvalue weighted by molar-refractivity contribution is 6.30. The number of carbonyl (C=O) groups excluding carboxylic acids is 1. The minimum Gasteiger partial charge on any atom is -0.465 e. The van der Waals surface area contributed by atoms with Gasteiger partial charge >= 0.3 is 5.97 Å². The van der Waals surface area contributed by atoms with Crippen molar-refractivity contribution in [3.05, 3.63) is 28.7 Å². The van der Waals surface area contributed by atoms with Gasteiger partial charge in [-0.2, -0.15) is 0 Å². The van der Waals surface area contributed by atoms with Gasteiger partial charge in [-0.25, -0.2) is 4.79 Å². The van der Waals surface area contributed by atoms with E-state index in [4.69, 9.17) is 11.6 Å². The molecule has 0 saturated heterocycles. The lowest BCUT2D eigenvalue weighted by molar-refractivity contribution is 0.0600. The minimum atomic E-state index is -0.445. The lowest BCUT2D eigenvalue weighted by Gasteiger charge is -2.16. The maximum absolute atomic E-state index is 11.5. The van der Waals surface area contributed by atoms with Gasteiger partial charge in [-0.1, -0.05) is 32.4 Å². The number of ether oxygens (including phenoxy) is 1. The van der Waals surface area contributed by atoms with Crippen molar-refractivity contribution in [3.8, 4) is 0 Å². The second kappa shape index (κ2) is 4.24. The number of aromatic nitrogens is 3. The molecule has 0 fully saturated rings. The largest absolute Gasteiger partial charge is 0.465 e. The van der Waals surface area contributed by atoms with Gasteiger partial charge in [-0.05, 0) is 12.1 Å². The number of esters is 1. The van der Waals surface area contributed by atoms with Crippen LogP contribution in [0, 0.1) is 0 Å². The zero-order valence-corrected chi connectivity index (χ0v) is 11.4. The fraction of sp³-hybridized carbons (Fsp3) is 0.417. The Morgan fingerprint density at radius 3 is 2.56 bits per heavy atom. The lowest BCUT2D eigenvalue weighted by atomic mass is 9.96. The van der Waals surface area contributed by atoms with E-state index in [1.807, 2.05) is 20.8 Å². The predicted octanol–water partition coefficient (Wildman–Crippen LogP) is 2.47. The number of fused-ring (bicyclic) bond motifs is 1. The Hall–Kier alpha value is -1.62. The molecule has 5 nitrogen and oxygen atoms in total. The highest BCUT2D eigenvalue weighted by Crippen LogP contribution is 2.25. The first-order chi connectivity index (χ1) is 8.34. The van der Waals surface area contributed by atoms with Crippen molar-refractivity contribution in [1.29, 1.82) is 0 Å². The molecule has 0 bridgehead atoms. The Morgan fingerprint density at radius 2 is 2.00 bits per heavy atom. The van der Waals surface area contributed by atoms with E-state index in [-0.39, 0.29) is 5.41 Å². The first kappa shape index (κ1) is 12.8. The van der Waals surface area contributed by atoms with Crippen LogP contribution in [-0.2, 0) is 10.2 Å². The van der Waals surface area contributed by atoms with Gasteiger partial charge in [-0.3, -0.25) is 4.40 Å². The van der Waals surface area contributed by atoms with Crippen LogP contribution in [0.3, 0.4) is 0 Å². The third-order valence-corrected chi connectivity index (χ3v) is 2.83. The van der Waals surface area contributed by atoms with Crippen LogP contribution in [0.2, 0.25) is 5.15 Å². The number of methoxy groups -OCH3 is 1. The lowest BCUT2D eigenvalue weighted by Crippen LogP contribution is -2.16. The van der Waals surface area contributed by atoms with Crippen LogP contribution in [0.5, 0.6) is 0 Å². The number of rotatable bonds is 1. The molecule has 2 heterocycles. The average molecular weight is 268 g/mol. The zero-order chi connectivity index (χ0) is 13.5. The SMILES string of the molecule is COC(=O)c1cc(Cl)n2c(C(C)(C)C)nnc2c1. The number of carbonyl (C=O) groups is 1.